The van der Waals surface area contributed by atoms with Gasteiger partial charge in [0, 0.05) is 23.5 Å². The molecule has 1 aromatic rings. The van der Waals surface area contributed by atoms with Gasteiger partial charge in [-0.2, -0.15) is 0 Å². The molecule has 0 spiro atoms. The molecule has 1 fully saturated rings. The molecule has 0 amide bonds. The minimum absolute atomic E-state index is 0.731. The molecule has 3 rings (SSSR count). The first kappa shape index (κ1) is 9.82. The molecule has 2 nitrogen and oxygen atoms in total. The minimum Gasteiger partial charge on any atom is -0.316 e. The van der Waals surface area contributed by atoms with Crippen molar-refractivity contribution < 1.29 is 0 Å². The summed E-state index contributed by atoms with van der Waals surface area (Å²) in [5, 5.41) is 5.63. The summed E-state index contributed by atoms with van der Waals surface area (Å²) in [6.45, 7) is 1.04. The van der Waals surface area contributed by atoms with Gasteiger partial charge in [-0.15, -0.1) is 11.3 Å². The van der Waals surface area contributed by atoms with E-state index in [4.69, 9.17) is 0 Å². The van der Waals surface area contributed by atoms with Crippen LogP contribution in [0.5, 0.6) is 0 Å². The number of rotatable bonds is 2. The molecular weight excluding hydrogens is 204 g/mol. The Morgan fingerprint density at radius 1 is 1.53 bits per heavy atom. The van der Waals surface area contributed by atoms with E-state index in [9.17, 15) is 0 Å². The molecule has 2 atom stereocenters. The molecule has 0 aliphatic carbocycles. The van der Waals surface area contributed by atoms with Crippen molar-refractivity contribution in [1.29, 1.82) is 0 Å². The van der Waals surface area contributed by atoms with Gasteiger partial charge in [0.25, 0.3) is 0 Å². The van der Waals surface area contributed by atoms with Gasteiger partial charge < -0.3 is 5.32 Å². The van der Waals surface area contributed by atoms with Gasteiger partial charge >= 0.3 is 0 Å². The summed E-state index contributed by atoms with van der Waals surface area (Å²) in [4.78, 5) is 4.23. The van der Waals surface area contributed by atoms with Gasteiger partial charge in [0.05, 0.1) is 0 Å². The van der Waals surface area contributed by atoms with Crippen LogP contribution in [0.2, 0.25) is 0 Å². The first-order chi connectivity index (χ1) is 7.31. The molecule has 15 heavy (non-hydrogen) atoms. The van der Waals surface area contributed by atoms with Crippen molar-refractivity contribution in [1.82, 2.24) is 10.2 Å². The molecule has 2 unspecified atom stereocenters. The zero-order chi connectivity index (χ0) is 10.4. The van der Waals surface area contributed by atoms with Crippen LogP contribution in [0, 0.1) is 0 Å². The fraction of sp³-hybridized carbons (Fsp3) is 0.667. The number of fused-ring (bicyclic) bond motifs is 4. The van der Waals surface area contributed by atoms with Gasteiger partial charge in [0.15, 0.2) is 0 Å². The molecule has 2 bridgehead atoms. The lowest BCUT2D eigenvalue weighted by molar-refractivity contribution is 0.227. The summed E-state index contributed by atoms with van der Waals surface area (Å²) in [5.74, 6) is 0. The van der Waals surface area contributed by atoms with Crippen LogP contribution in [0.25, 0.3) is 0 Å². The monoisotopic (exact) mass is 222 g/mol. The average molecular weight is 222 g/mol. The summed E-state index contributed by atoms with van der Waals surface area (Å²) >= 11 is 1.97. The number of hydrogen-bond acceptors (Lipinski definition) is 3. The average Bonchev–Trinajstić information content (AvgIpc) is 2.72. The van der Waals surface area contributed by atoms with Crippen molar-refractivity contribution in [3.05, 3.63) is 21.4 Å². The molecule has 3 heteroatoms. The van der Waals surface area contributed by atoms with Gasteiger partial charge in [0.1, 0.15) is 0 Å². The molecular formula is C12H18N2S. The highest BCUT2D eigenvalue weighted by Gasteiger charge is 2.39. The lowest BCUT2D eigenvalue weighted by Gasteiger charge is -2.31. The molecule has 1 aromatic heterocycles. The van der Waals surface area contributed by atoms with Crippen molar-refractivity contribution >= 4 is 11.3 Å². The number of nitrogens with one attached hydrogen (secondary N) is 1. The van der Waals surface area contributed by atoms with E-state index in [1.165, 1.54) is 19.3 Å². The van der Waals surface area contributed by atoms with Crippen LogP contribution in [-0.4, -0.2) is 25.0 Å². The van der Waals surface area contributed by atoms with Gasteiger partial charge in [-0.25, -0.2) is 0 Å². The molecule has 2 aliphatic heterocycles. The third-order valence-corrected chi connectivity index (χ3v) is 5.14. The van der Waals surface area contributed by atoms with E-state index >= 15 is 0 Å². The van der Waals surface area contributed by atoms with Crippen LogP contribution < -0.4 is 5.32 Å². The second-order valence-corrected chi connectivity index (χ2v) is 5.66. The second-order valence-electron chi connectivity index (χ2n) is 4.75. The van der Waals surface area contributed by atoms with Crippen LogP contribution >= 0.6 is 11.3 Å². The zero-order valence-corrected chi connectivity index (χ0v) is 10.2. The predicted octanol–water partition coefficient (Wildman–Crippen LogP) is 2.16. The number of nitrogens with zero attached hydrogens (tertiary/aromatic N) is 1. The summed E-state index contributed by atoms with van der Waals surface area (Å²) < 4.78 is 0. The van der Waals surface area contributed by atoms with Crippen LogP contribution in [-0.2, 0) is 13.0 Å². The Bertz CT molecular complexity index is 372. The third kappa shape index (κ3) is 1.37. The lowest BCUT2D eigenvalue weighted by atomic mass is 9.98. The maximum absolute atomic E-state index is 3.27. The van der Waals surface area contributed by atoms with E-state index < -0.39 is 0 Å². The molecule has 1 saturated heterocycles. The van der Waals surface area contributed by atoms with Crippen LogP contribution in [0.1, 0.15) is 34.9 Å². The summed E-state index contributed by atoms with van der Waals surface area (Å²) in [7, 11) is 4.33. The highest BCUT2D eigenvalue weighted by molar-refractivity contribution is 7.10. The number of hydrogen-bond donors (Lipinski definition) is 1. The van der Waals surface area contributed by atoms with Gasteiger partial charge in [-0.3, -0.25) is 4.90 Å². The molecule has 82 valence electrons. The van der Waals surface area contributed by atoms with Crippen molar-refractivity contribution in [3.63, 3.8) is 0 Å². The van der Waals surface area contributed by atoms with E-state index in [2.05, 4.69) is 22.6 Å². The highest BCUT2D eigenvalue weighted by atomic mass is 32.1. The molecule has 0 aromatic carbocycles. The van der Waals surface area contributed by atoms with Gasteiger partial charge in [-0.1, -0.05) is 0 Å². The van der Waals surface area contributed by atoms with Crippen molar-refractivity contribution in [2.24, 2.45) is 0 Å². The van der Waals surface area contributed by atoms with E-state index in [1.807, 2.05) is 18.4 Å². The van der Waals surface area contributed by atoms with Crippen molar-refractivity contribution in [3.8, 4) is 0 Å². The first-order valence-electron chi connectivity index (χ1n) is 5.77. The normalized spacial score (nSPS) is 29.5. The Kier molecular flexibility index (Phi) is 2.34. The van der Waals surface area contributed by atoms with Crippen molar-refractivity contribution in [2.45, 2.75) is 37.9 Å². The number of likely N-dealkylation sites (N-methyl/N-ethyl adjacent to an activating group) is 1. The maximum atomic E-state index is 3.27. The topological polar surface area (TPSA) is 15.3 Å². The van der Waals surface area contributed by atoms with Gasteiger partial charge in [-0.05, 0) is 49.9 Å². The predicted molar refractivity (Wildman–Crippen MR) is 64.3 cm³/mol. The van der Waals surface area contributed by atoms with Crippen LogP contribution in [0.3, 0.4) is 0 Å². The van der Waals surface area contributed by atoms with E-state index in [0.717, 1.165) is 18.6 Å². The summed E-state index contributed by atoms with van der Waals surface area (Å²) in [5.41, 5.74) is 3.21. The first-order valence-corrected chi connectivity index (χ1v) is 6.65. The van der Waals surface area contributed by atoms with Crippen LogP contribution in [0.4, 0.5) is 0 Å². The lowest BCUT2D eigenvalue weighted by Crippen LogP contribution is -2.33. The Labute approximate surface area is 95.3 Å². The Morgan fingerprint density at radius 3 is 3.20 bits per heavy atom. The molecule has 0 radical (unpaired) electrons. The van der Waals surface area contributed by atoms with Gasteiger partial charge in [0.2, 0.25) is 0 Å². The van der Waals surface area contributed by atoms with Crippen LogP contribution in [0.15, 0.2) is 5.38 Å². The highest BCUT2D eigenvalue weighted by Crippen LogP contribution is 2.46. The smallest absolute Gasteiger partial charge is 0.0445 e. The second kappa shape index (κ2) is 3.58. The van der Waals surface area contributed by atoms with E-state index in [-0.39, 0.29) is 0 Å². The third-order valence-electron chi connectivity index (χ3n) is 3.96. The Morgan fingerprint density at radius 2 is 2.40 bits per heavy atom. The Balaban J connectivity index is 2.00. The molecule has 3 heterocycles. The summed E-state index contributed by atoms with van der Waals surface area (Å²) in [6.07, 6.45) is 4.04. The van der Waals surface area contributed by atoms with E-state index in [0.29, 0.717) is 0 Å². The zero-order valence-electron chi connectivity index (χ0n) is 9.42. The minimum atomic E-state index is 0.731. The molecule has 2 aliphatic rings. The molecule has 1 N–H and O–H groups in total. The maximum Gasteiger partial charge on any atom is 0.0445 e. The SMILES string of the molecule is CNCc1csc2c1CC1CCC2N1C. The quantitative estimate of drug-likeness (QED) is 0.825. The summed E-state index contributed by atoms with van der Waals surface area (Å²) in [6, 6.07) is 1.54. The number of thiophene rings is 1. The van der Waals surface area contributed by atoms with Crippen molar-refractivity contribution in [2.75, 3.05) is 14.1 Å². The largest absolute Gasteiger partial charge is 0.316 e. The molecule has 0 saturated carbocycles. The van der Waals surface area contributed by atoms with E-state index in [1.54, 1.807) is 16.0 Å². The fourth-order valence-corrected chi connectivity index (χ4v) is 4.39. The Hall–Kier alpha value is -0.380. The fourth-order valence-electron chi connectivity index (χ4n) is 3.10. The standard InChI is InChI=1S/C12H18N2S/c1-13-6-8-7-15-12-10(8)5-9-3-4-11(12)14(9)2/h7,9,11,13H,3-6H2,1-2H3.